The molecule has 90 valence electrons. The van der Waals surface area contributed by atoms with E-state index in [9.17, 15) is 0 Å². The van der Waals surface area contributed by atoms with E-state index in [1.807, 2.05) is 25.9 Å². The molecule has 0 saturated heterocycles. The van der Waals surface area contributed by atoms with Gasteiger partial charge in [-0.3, -0.25) is 0 Å². The van der Waals surface area contributed by atoms with E-state index in [0.717, 1.165) is 37.6 Å². The standard InChI is InChI=1S/C11H21N5/c1-5-7-8-9-13-10(12-6-2)15-11(14-9)16(3)4/h5-8H2,1-4H3,(H,12,13,14,15). The number of nitrogens with zero attached hydrogens (tertiary/aromatic N) is 4. The number of nitrogens with one attached hydrogen (secondary N) is 1. The van der Waals surface area contributed by atoms with Gasteiger partial charge in [0, 0.05) is 27.1 Å². The molecule has 1 aromatic rings. The number of aromatic nitrogens is 3. The molecule has 0 aliphatic rings. The summed E-state index contributed by atoms with van der Waals surface area (Å²) in [5.41, 5.74) is 0. The first-order valence-corrected chi connectivity index (χ1v) is 5.83. The Bertz CT molecular complexity index is 324. The Labute approximate surface area is 97.3 Å². The van der Waals surface area contributed by atoms with E-state index in [4.69, 9.17) is 0 Å². The number of aryl methyl sites for hydroxylation is 1. The third-order valence-electron chi connectivity index (χ3n) is 2.16. The fourth-order valence-corrected chi connectivity index (χ4v) is 1.29. The van der Waals surface area contributed by atoms with Gasteiger partial charge in [-0.2, -0.15) is 15.0 Å². The zero-order valence-electron chi connectivity index (χ0n) is 10.6. The lowest BCUT2D eigenvalue weighted by Crippen LogP contribution is -2.16. The molecule has 5 nitrogen and oxygen atoms in total. The summed E-state index contributed by atoms with van der Waals surface area (Å²) in [4.78, 5) is 15.0. The maximum absolute atomic E-state index is 4.42. The summed E-state index contributed by atoms with van der Waals surface area (Å²) in [5.74, 6) is 2.26. The molecule has 5 heteroatoms. The number of anilines is 2. The minimum atomic E-state index is 0.673. The van der Waals surface area contributed by atoms with Crippen molar-refractivity contribution in [1.29, 1.82) is 0 Å². The van der Waals surface area contributed by atoms with Gasteiger partial charge in [0.05, 0.1) is 0 Å². The highest BCUT2D eigenvalue weighted by molar-refractivity contribution is 5.35. The number of hydrogen-bond acceptors (Lipinski definition) is 5. The summed E-state index contributed by atoms with van der Waals surface area (Å²) in [6.07, 6.45) is 3.18. The average Bonchev–Trinajstić information content (AvgIpc) is 2.26. The van der Waals surface area contributed by atoms with Crippen molar-refractivity contribution in [1.82, 2.24) is 15.0 Å². The molecule has 0 radical (unpaired) electrons. The van der Waals surface area contributed by atoms with Crippen molar-refractivity contribution in [3.63, 3.8) is 0 Å². The van der Waals surface area contributed by atoms with Gasteiger partial charge in [0.15, 0.2) is 0 Å². The van der Waals surface area contributed by atoms with Gasteiger partial charge in [-0.15, -0.1) is 0 Å². The van der Waals surface area contributed by atoms with Crippen molar-refractivity contribution in [2.75, 3.05) is 30.9 Å². The van der Waals surface area contributed by atoms with Crippen LogP contribution >= 0.6 is 0 Å². The lowest BCUT2D eigenvalue weighted by Gasteiger charge is -2.12. The summed E-state index contributed by atoms with van der Waals surface area (Å²) < 4.78 is 0. The van der Waals surface area contributed by atoms with Crippen molar-refractivity contribution in [3.05, 3.63) is 5.82 Å². The highest BCUT2D eigenvalue weighted by atomic mass is 15.3. The average molecular weight is 223 g/mol. The van der Waals surface area contributed by atoms with Crippen LogP contribution in [-0.2, 0) is 6.42 Å². The van der Waals surface area contributed by atoms with Crippen LogP contribution in [0.5, 0.6) is 0 Å². The van der Waals surface area contributed by atoms with Crippen LogP contribution in [0, 0.1) is 0 Å². The molecule has 1 rings (SSSR count). The van der Waals surface area contributed by atoms with Gasteiger partial charge in [0.2, 0.25) is 11.9 Å². The summed E-state index contributed by atoms with van der Waals surface area (Å²) in [5, 5.41) is 3.13. The van der Waals surface area contributed by atoms with Crippen LogP contribution < -0.4 is 10.2 Å². The molecule has 0 aliphatic carbocycles. The van der Waals surface area contributed by atoms with Crippen molar-refractivity contribution < 1.29 is 0 Å². The predicted octanol–water partition coefficient (Wildman–Crippen LogP) is 1.71. The first kappa shape index (κ1) is 12.7. The molecule has 0 bridgehead atoms. The first-order valence-electron chi connectivity index (χ1n) is 5.83. The molecule has 0 saturated carbocycles. The molecule has 0 fully saturated rings. The molecule has 16 heavy (non-hydrogen) atoms. The molecule has 0 atom stereocenters. The van der Waals surface area contributed by atoms with Crippen LogP contribution in [0.2, 0.25) is 0 Å². The molecule has 0 aromatic carbocycles. The summed E-state index contributed by atoms with van der Waals surface area (Å²) in [7, 11) is 3.88. The van der Waals surface area contributed by atoms with Crippen LogP contribution in [0.4, 0.5) is 11.9 Å². The minimum absolute atomic E-state index is 0.673. The molecule has 1 N–H and O–H groups in total. The van der Waals surface area contributed by atoms with Gasteiger partial charge < -0.3 is 10.2 Å². The number of hydrogen-bond donors (Lipinski definition) is 1. The quantitative estimate of drug-likeness (QED) is 0.795. The largest absolute Gasteiger partial charge is 0.354 e. The highest BCUT2D eigenvalue weighted by Crippen LogP contribution is 2.09. The second kappa shape index (κ2) is 6.25. The lowest BCUT2D eigenvalue weighted by molar-refractivity contribution is 0.742. The lowest BCUT2D eigenvalue weighted by atomic mass is 10.2. The Morgan fingerprint density at radius 2 is 1.88 bits per heavy atom. The Morgan fingerprint density at radius 3 is 2.44 bits per heavy atom. The monoisotopic (exact) mass is 223 g/mol. The summed E-state index contributed by atoms with van der Waals surface area (Å²) in [6, 6.07) is 0. The van der Waals surface area contributed by atoms with Crippen molar-refractivity contribution in [3.8, 4) is 0 Å². The zero-order chi connectivity index (χ0) is 12.0. The topological polar surface area (TPSA) is 53.9 Å². The van der Waals surface area contributed by atoms with E-state index >= 15 is 0 Å². The molecular weight excluding hydrogens is 202 g/mol. The van der Waals surface area contributed by atoms with E-state index in [0.29, 0.717) is 5.95 Å². The molecule has 0 unspecified atom stereocenters. The Hall–Kier alpha value is -1.39. The predicted molar refractivity (Wildman–Crippen MR) is 66.9 cm³/mol. The highest BCUT2D eigenvalue weighted by Gasteiger charge is 2.06. The summed E-state index contributed by atoms with van der Waals surface area (Å²) in [6.45, 7) is 5.02. The molecule has 0 aliphatic heterocycles. The molecule has 1 aromatic heterocycles. The van der Waals surface area contributed by atoms with Crippen molar-refractivity contribution in [2.24, 2.45) is 0 Å². The van der Waals surface area contributed by atoms with Gasteiger partial charge in [-0.1, -0.05) is 13.3 Å². The van der Waals surface area contributed by atoms with Crippen LogP contribution in [0.3, 0.4) is 0 Å². The molecule has 1 heterocycles. The maximum atomic E-state index is 4.42. The normalized spacial score (nSPS) is 10.2. The first-order chi connectivity index (χ1) is 7.67. The molecule has 0 amide bonds. The third kappa shape index (κ3) is 3.64. The maximum Gasteiger partial charge on any atom is 0.229 e. The van der Waals surface area contributed by atoms with E-state index in [2.05, 4.69) is 27.2 Å². The third-order valence-corrected chi connectivity index (χ3v) is 2.16. The van der Waals surface area contributed by atoms with Crippen molar-refractivity contribution >= 4 is 11.9 Å². The van der Waals surface area contributed by atoms with Crippen LogP contribution in [0.1, 0.15) is 32.5 Å². The Morgan fingerprint density at radius 1 is 1.12 bits per heavy atom. The van der Waals surface area contributed by atoms with E-state index in [1.54, 1.807) is 0 Å². The van der Waals surface area contributed by atoms with Gasteiger partial charge in [-0.05, 0) is 13.3 Å². The zero-order valence-corrected chi connectivity index (χ0v) is 10.6. The van der Waals surface area contributed by atoms with Gasteiger partial charge >= 0.3 is 0 Å². The van der Waals surface area contributed by atoms with E-state index in [1.165, 1.54) is 0 Å². The fraction of sp³-hybridized carbons (Fsp3) is 0.727. The van der Waals surface area contributed by atoms with Crippen LogP contribution in [0.25, 0.3) is 0 Å². The Kier molecular flexibility index (Phi) is 4.95. The van der Waals surface area contributed by atoms with Crippen LogP contribution in [0.15, 0.2) is 0 Å². The van der Waals surface area contributed by atoms with E-state index < -0.39 is 0 Å². The van der Waals surface area contributed by atoms with Crippen LogP contribution in [-0.4, -0.2) is 35.6 Å². The smallest absolute Gasteiger partial charge is 0.229 e. The van der Waals surface area contributed by atoms with Gasteiger partial charge in [0.25, 0.3) is 0 Å². The SMILES string of the molecule is CCCCc1nc(NCC)nc(N(C)C)n1. The van der Waals surface area contributed by atoms with Crippen molar-refractivity contribution in [2.45, 2.75) is 33.1 Å². The van der Waals surface area contributed by atoms with E-state index in [-0.39, 0.29) is 0 Å². The summed E-state index contributed by atoms with van der Waals surface area (Å²) >= 11 is 0. The molecular formula is C11H21N5. The number of unbranched alkanes of at least 4 members (excludes halogenated alkanes) is 1. The number of rotatable bonds is 6. The fourth-order valence-electron chi connectivity index (χ4n) is 1.29. The second-order valence-electron chi connectivity index (χ2n) is 3.90. The Balaban J connectivity index is 2.89. The minimum Gasteiger partial charge on any atom is -0.354 e. The van der Waals surface area contributed by atoms with Gasteiger partial charge in [0.1, 0.15) is 5.82 Å². The van der Waals surface area contributed by atoms with Gasteiger partial charge in [-0.25, -0.2) is 0 Å². The second-order valence-corrected chi connectivity index (χ2v) is 3.90. The molecule has 0 spiro atoms.